The average molecular weight is 1410 g/mol. The Labute approximate surface area is 593 Å². The molecule has 6 aromatic carbocycles. The highest BCUT2D eigenvalue weighted by atomic mass is 79.9. The average Bonchev–Trinajstić information content (AvgIpc) is 1.19. The van der Waals surface area contributed by atoms with Crippen molar-refractivity contribution in [1.29, 1.82) is 0 Å². The number of aliphatic carboxylic acids is 1. The van der Waals surface area contributed by atoms with Gasteiger partial charge >= 0.3 is 25.0 Å². The minimum atomic E-state index is -1.07. The van der Waals surface area contributed by atoms with Crippen LogP contribution in [0.4, 0.5) is 17.5 Å². The lowest BCUT2D eigenvalue weighted by Crippen LogP contribution is -2.41. The molecule has 0 radical (unpaired) electrons. The molecule has 0 spiro atoms. The predicted octanol–water partition coefficient (Wildman–Crippen LogP) is 16.4. The molecule has 10 rings (SSSR count). The topological polar surface area (TPSA) is 211 Å². The van der Waals surface area contributed by atoms with Crippen LogP contribution in [0.15, 0.2) is 187 Å². The quantitative estimate of drug-likeness (QED) is 0.0389. The third-order valence-corrected chi connectivity index (χ3v) is 18.2. The Hall–Kier alpha value is -9.56. The van der Waals surface area contributed by atoms with Gasteiger partial charge < -0.3 is 54.0 Å². The molecule has 19 heteroatoms. The van der Waals surface area contributed by atoms with Gasteiger partial charge in [0.2, 0.25) is 0 Å². The Morgan fingerprint density at radius 2 is 0.798 bits per heavy atom. The molecule has 1 saturated heterocycles. The van der Waals surface area contributed by atoms with Gasteiger partial charge in [0.1, 0.15) is 34.7 Å². The zero-order chi connectivity index (χ0) is 72.5. The molecule has 4 N–H and O–H groups in total. The third-order valence-electron chi connectivity index (χ3n) is 17.7. The molecule has 0 atom stereocenters. The van der Waals surface area contributed by atoms with E-state index in [1.807, 2.05) is 131 Å². The number of rotatable bonds is 21. The SMILES string of the molecule is COC(=O)C(C)(C)c1cc(-c2ccc(NCc3cccc(C)c3)nc2)ccc1OC.COC(=O)C(C)(C)c1cc(Br)ccc1OC.COc1ccc(-c2ccc(NCc3cccc(C)c3)nc2)cc1C(C)(C)C(=O)O.Cc1cccc(CNc2ccc(B3OC(C)(C)C(C)(C)O3)cn2)c1. The summed E-state index contributed by atoms with van der Waals surface area (Å²) in [6.07, 6.45) is 5.44. The van der Waals surface area contributed by atoms with E-state index in [0.29, 0.717) is 35.9 Å². The number of carbonyl (C=O) groups is 3. The maximum atomic E-state index is 12.3. The van der Waals surface area contributed by atoms with Gasteiger partial charge in [0.05, 0.1) is 63.0 Å². The van der Waals surface area contributed by atoms with E-state index >= 15 is 0 Å². The molecule has 1 fully saturated rings. The molecule has 3 aromatic heterocycles. The lowest BCUT2D eigenvalue weighted by Gasteiger charge is -2.32. The highest BCUT2D eigenvalue weighted by molar-refractivity contribution is 9.10. The molecule has 0 amide bonds. The van der Waals surface area contributed by atoms with Gasteiger partial charge in [-0.15, -0.1) is 0 Å². The molecule has 0 bridgehead atoms. The maximum absolute atomic E-state index is 12.3. The van der Waals surface area contributed by atoms with Crippen LogP contribution < -0.4 is 35.6 Å². The molecular weight excluding hydrogens is 1310 g/mol. The molecular formula is C80H94BBrN6O11. The number of carboxylic acids is 1. The second-order valence-electron chi connectivity index (χ2n) is 26.8. The monoisotopic (exact) mass is 1400 g/mol. The van der Waals surface area contributed by atoms with Gasteiger partial charge in [-0.2, -0.15) is 0 Å². The van der Waals surface area contributed by atoms with Crippen LogP contribution in [0.5, 0.6) is 17.2 Å². The van der Waals surface area contributed by atoms with E-state index in [9.17, 15) is 19.5 Å². The molecule has 99 heavy (non-hydrogen) atoms. The number of benzene rings is 6. The van der Waals surface area contributed by atoms with E-state index < -0.39 is 22.2 Å². The predicted molar refractivity (Wildman–Crippen MR) is 399 cm³/mol. The molecule has 520 valence electrons. The third kappa shape index (κ3) is 20.1. The normalized spacial score (nSPS) is 12.9. The lowest BCUT2D eigenvalue weighted by molar-refractivity contribution is -0.147. The summed E-state index contributed by atoms with van der Waals surface area (Å²) in [5.41, 5.74) is 11.0. The number of halogens is 1. The molecule has 0 aliphatic carbocycles. The summed E-state index contributed by atoms with van der Waals surface area (Å²) in [5, 5.41) is 19.6. The van der Waals surface area contributed by atoms with Gasteiger partial charge in [-0.25, -0.2) is 15.0 Å². The fourth-order valence-corrected chi connectivity index (χ4v) is 11.1. The summed E-state index contributed by atoms with van der Waals surface area (Å²) in [6, 6.07) is 54.0. The van der Waals surface area contributed by atoms with Gasteiger partial charge in [-0.1, -0.05) is 124 Å². The Balaban J connectivity index is 0.000000190. The van der Waals surface area contributed by atoms with Gasteiger partial charge in [-0.3, -0.25) is 14.4 Å². The number of ether oxygens (including phenoxy) is 5. The van der Waals surface area contributed by atoms with Crippen LogP contribution in [-0.2, 0) is 69.0 Å². The molecule has 9 aromatic rings. The summed E-state index contributed by atoms with van der Waals surface area (Å²) in [6.45, 7) is 27.3. The number of hydrogen-bond donors (Lipinski definition) is 4. The van der Waals surface area contributed by atoms with Crippen LogP contribution >= 0.6 is 15.9 Å². The second kappa shape index (κ2) is 33.8. The van der Waals surface area contributed by atoms with Crippen molar-refractivity contribution in [2.45, 2.75) is 137 Å². The summed E-state index contributed by atoms with van der Waals surface area (Å²) in [5.74, 6) is 2.83. The van der Waals surface area contributed by atoms with E-state index in [0.717, 1.165) is 67.3 Å². The second-order valence-corrected chi connectivity index (χ2v) is 27.7. The number of methoxy groups -OCH3 is 5. The number of nitrogens with zero attached hydrogens (tertiary/aromatic N) is 3. The van der Waals surface area contributed by atoms with Gasteiger partial charge in [-0.05, 0) is 191 Å². The van der Waals surface area contributed by atoms with Crippen molar-refractivity contribution in [1.82, 2.24) is 15.0 Å². The molecule has 1 aliphatic rings. The van der Waals surface area contributed by atoms with E-state index in [1.54, 1.807) is 47.4 Å². The van der Waals surface area contributed by atoms with E-state index in [-0.39, 0.29) is 30.3 Å². The van der Waals surface area contributed by atoms with Crippen LogP contribution in [0.1, 0.15) is 119 Å². The number of esters is 2. The number of aromatic nitrogens is 3. The van der Waals surface area contributed by atoms with Crippen LogP contribution in [0.25, 0.3) is 22.3 Å². The Morgan fingerprint density at radius 1 is 0.455 bits per heavy atom. The lowest BCUT2D eigenvalue weighted by atomic mass is 9.80. The van der Waals surface area contributed by atoms with Crippen molar-refractivity contribution >= 4 is 63.9 Å². The van der Waals surface area contributed by atoms with Crippen molar-refractivity contribution in [3.05, 3.63) is 237 Å². The van der Waals surface area contributed by atoms with Crippen molar-refractivity contribution in [2.24, 2.45) is 0 Å². The maximum Gasteiger partial charge on any atom is 0.496 e. The number of carboxylic acid groups (broad SMARTS) is 1. The van der Waals surface area contributed by atoms with Crippen molar-refractivity contribution in [3.63, 3.8) is 0 Å². The van der Waals surface area contributed by atoms with Crippen LogP contribution in [0.2, 0.25) is 0 Å². The standard InChI is InChI=1S/C25H28N2O3.C24H26N2O3.C19H25BN2O2.C12H15BrO3/c1-17-7-6-8-18(13-17)15-26-23-12-10-20(16-27-23)19-9-11-22(29-4)21(14-19)25(2,3)24(28)30-5;1-16-6-5-7-17(12-16)14-25-22-11-9-19(15-26-22)18-8-10-21(29-4)20(13-18)24(2,3)23(27)28;1-14-7-6-8-15(11-14)12-21-17-10-9-16(13-22-17)20-23-18(2,3)19(4,5)24-20;1-12(2,11(14)16-4)9-7-8(13)5-6-10(9)15-3/h6-14,16H,15H2,1-5H3,(H,26,27);5-13,15H,14H2,1-4H3,(H,25,26)(H,27,28);6-11,13H,12H2,1-5H3,(H,21,22);5-7H,1-4H3. The number of carbonyl (C=O) groups excluding carboxylic acids is 2. The number of anilines is 3. The summed E-state index contributed by atoms with van der Waals surface area (Å²) in [7, 11) is 7.14. The van der Waals surface area contributed by atoms with Gasteiger partial charge in [0, 0.05) is 76.0 Å². The minimum Gasteiger partial charge on any atom is -0.496 e. The van der Waals surface area contributed by atoms with Crippen LogP contribution in [0.3, 0.4) is 0 Å². The fraction of sp³-hybridized carbons (Fsp3) is 0.325. The molecule has 17 nitrogen and oxygen atoms in total. The van der Waals surface area contributed by atoms with E-state index in [4.69, 9.17) is 33.0 Å². The smallest absolute Gasteiger partial charge is 0.496 e. The summed E-state index contributed by atoms with van der Waals surface area (Å²) >= 11 is 3.38. The van der Waals surface area contributed by atoms with E-state index in [1.165, 1.54) is 47.6 Å². The first-order valence-corrected chi connectivity index (χ1v) is 33.4. The van der Waals surface area contributed by atoms with Crippen molar-refractivity contribution in [3.8, 4) is 39.5 Å². The Morgan fingerprint density at radius 3 is 1.12 bits per heavy atom. The van der Waals surface area contributed by atoms with Crippen LogP contribution in [0, 0.1) is 20.8 Å². The van der Waals surface area contributed by atoms with Gasteiger partial charge in [0.25, 0.3) is 0 Å². The molecule has 0 unspecified atom stereocenters. The van der Waals surface area contributed by atoms with E-state index in [2.05, 4.69) is 162 Å². The zero-order valence-electron chi connectivity index (χ0n) is 60.3. The molecule has 4 heterocycles. The first-order valence-electron chi connectivity index (χ1n) is 32.6. The number of nitrogens with one attached hydrogen (secondary N) is 3. The highest BCUT2D eigenvalue weighted by Gasteiger charge is 2.52. The van der Waals surface area contributed by atoms with Crippen molar-refractivity contribution in [2.75, 3.05) is 51.5 Å². The summed E-state index contributed by atoms with van der Waals surface area (Å²) < 4.78 is 38.9. The first kappa shape index (κ1) is 76.8. The molecule has 0 saturated carbocycles. The molecule has 1 aliphatic heterocycles. The number of hydrogen-bond acceptors (Lipinski definition) is 16. The highest BCUT2D eigenvalue weighted by Crippen LogP contribution is 2.40. The van der Waals surface area contributed by atoms with Crippen molar-refractivity contribution < 1.29 is 52.5 Å². The minimum absolute atomic E-state index is 0.288. The van der Waals surface area contributed by atoms with Crippen LogP contribution in [-0.4, -0.2) is 91.8 Å². The first-order chi connectivity index (χ1) is 46.8. The van der Waals surface area contributed by atoms with Gasteiger partial charge in [0.15, 0.2) is 0 Å². The zero-order valence-corrected chi connectivity index (χ0v) is 61.9. The largest absolute Gasteiger partial charge is 0.496 e. The Bertz CT molecular complexity index is 4180. The summed E-state index contributed by atoms with van der Waals surface area (Å²) in [4.78, 5) is 49.3. The number of pyridine rings is 3. The fourth-order valence-electron chi connectivity index (χ4n) is 10.8. The Kier molecular flexibility index (Phi) is 26.2. The number of aryl methyl sites for hydroxylation is 3.